The lowest BCUT2D eigenvalue weighted by Gasteiger charge is -2.34. The molecule has 222 valence electrons. The zero-order valence-electron chi connectivity index (χ0n) is 27.1. The molecule has 0 atom stereocenters. The van der Waals surface area contributed by atoms with Crippen LogP contribution in [0.3, 0.4) is 0 Å². The van der Waals surface area contributed by atoms with Gasteiger partial charge in [0.1, 0.15) is 0 Å². The van der Waals surface area contributed by atoms with Gasteiger partial charge in [0.05, 0.1) is 27.1 Å². The van der Waals surface area contributed by atoms with Crippen LogP contribution in [0.2, 0.25) is 44.3 Å². The first kappa shape index (κ1) is 36.9. The number of anilines is 1. The van der Waals surface area contributed by atoms with Crippen molar-refractivity contribution < 1.29 is 17.7 Å². The van der Waals surface area contributed by atoms with Gasteiger partial charge in [-0.3, -0.25) is 0 Å². The van der Waals surface area contributed by atoms with Gasteiger partial charge >= 0.3 is 18.6 Å². The van der Waals surface area contributed by atoms with Crippen LogP contribution in [0.4, 0.5) is 5.69 Å². The second-order valence-corrected chi connectivity index (χ2v) is 20.9. The van der Waals surface area contributed by atoms with E-state index in [4.69, 9.17) is 17.7 Å². The van der Waals surface area contributed by atoms with Crippen molar-refractivity contribution in [2.24, 2.45) is 0 Å². The molecule has 0 N–H and O–H groups in total. The van der Waals surface area contributed by atoms with Crippen LogP contribution >= 0.6 is 0 Å². The van der Waals surface area contributed by atoms with E-state index in [2.05, 4.69) is 63.8 Å². The second kappa shape index (κ2) is 19.9. The Balaban J connectivity index is 3.29. The van der Waals surface area contributed by atoms with Gasteiger partial charge in [0.2, 0.25) is 0 Å². The molecule has 0 fully saturated rings. The molecule has 0 aliphatic heterocycles. The maximum Gasteiger partial charge on any atom is 0.384 e. The first-order valence-electron chi connectivity index (χ1n) is 14.4. The number of rotatable bonds is 21. The van der Waals surface area contributed by atoms with Crippen molar-refractivity contribution in [1.29, 1.82) is 0 Å². The van der Waals surface area contributed by atoms with Crippen molar-refractivity contribution in [3.05, 3.63) is 16.7 Å². The van der Waals surface area contributed by atoms with Crippen molar-refractivity contribution in [2.45, 2.75) is 84.4 Å². The molecule has 0 amide bonds. The molecule has 6 radical (unpaired) electrons. The molecule has 1 aromatic carbocycles. The fourth-order valence-electron chi connectivity index (χ4n) is 5.49. The molecule has 0 heterocycles. The van der Waals surface area contributed by atoms with Gasteiger partial charge in [-0.25, -0.2) is 0 Å². The summed E-state index contributed by atoms with van der Waals surface area (Å²) in [5.41, 5.74) is 6.44. The van der Waals surface area contributed by atoms with Gasteiger partial charge in [0.15, 0.2) is 0 Å². The molecule has 1 rings (SSSR count). The summed E-state index contributed by atoms with van der Waals surface area (Å²) in [7, 11) is 6.74. The third-order valence-corrected chi connectivity index (χ3v) is 15.2. The van der Waals surface area contributed by atoms with Crippen LogP contribution in [0.15, 0.2) is 0 Å². The SMILES string of the molecule is CCN(CC)c1c(CC[Si]CN(C)CCC[Si](OC)OC)c([Si](C)C)c(C)c(CC[Si](OC)OC)c1[Si](C)C. The highest BCUT2D eigenvalue weighted by molar-refractivity contribution is 6.75. The van der Waals surface area contributed by atoms with E-state index in [1.807, 2.05) is 0 Å². The fourth-order valence-corrected chi connectivity index (χ4v) is 12.1. The molecule has 0 aliphatic rings. The highest BCUT2D eigenvalue weighted by Gasteiger charge is 2.28. The van der Waals surface area contributed by atoms with E-state index in [9.17, 15) is 0 Å². The van der Waals surface area contributed by atoms with E-state index in [1.54, 1.807) is 61.2 Å². The van der Waals surface area contributed by atoms with Crippen LogP contribution in [0.5, 0.6) is 0 Å². The Morgan fingerprint density at radius 1 is 0.744 bits per heavy atom. The van der Waals surface area contributed by atoms with Crippen LogP contribution < -0.4 is 15.3 Å². The van der Waals surface area contributed by atoms with Gasteiger partial charge in [0, 0.05) is 47.2 Å². The van der Waals surface area contributed by atoms with Crippen molar-refractivity contribution >= 4 is 61.7 Å². The smallest absolute Gasteiger partial charge is 0.384 e. The third-order valence-electron chi connectivity index (χ3n) is 7.38. The lowest BCUT2D eigenvalue weighted by Crippen LogP contribution is -2.44. The number of nitrogens with zero attached hydrogens (tertiary/aromatic N) is 2. The maximum absolute atomic E-state index is 5.68. The van der Waals surface area contributed by atoms with E-state index in [0.717, 1.165) is 54.1 Å². The minimum absolute atomic E-state index is 0.631. The first-order chi connectivity index (χ1) is 18.6. The quantitative estimate of drug-likeness (QED) is 0.153. The average Bonchev–Trinajstić information content (AvgIpc) is 2.91. The minimum atomic E-state index is -1.22. The Bertz CT molecular complexity index is 820. The van der Waals surface area contributed by atoms with Gasteiger partial charge in [-0.05, 0) is 93.8 Å². The Morgan fingerprint density at radius 2 is 1.28 bits per heavy atom. The number of hydrogen-bond acceptors (Lipinski definition) is 6. The van der Waals surface area contributed by atoms with Crippen LogP contribution in [-0.4, -0.2) is 112 Å². The summed E-state index contributed by atoms with van der Waals surface area (Å²) < 4.78 is 22.3. The van der Waals surface area contributed by atoms with E-state index >= 15 is 0 Å². The largest absolute Gasteiger partial charge is 0.397 e. The second-order valence-electron chi connectivity index (χ2n) is 10.5. The molecule has 1 aromatic rings. The molecule has 0 saturated carbocycles. The van der Waals surface area contributed by atoms with Crippen molar-refractivity contribution in [2.75, 3.05) is 66.2 Å². The average molecular weight is 625 g/mol. The van der Waals surface area contributed by atoms with Gasteiger partial charge in [-0.15, -0.1) is 0 Å². The molecule has 11 heteroatoms. The fraction of sp³-hybridized carbons (Fsp3) is 0.786. The molecule has 0 aliphatic carbocycles. The molecular formula is C28H56N2O4Si5. The van der Waals surface area contributed by atoms with Crippen LogP contribution in [-0.2, 0) is 30.5 Å². The normalized spacial score (nSPS) is 12.2. The maximum atomic E-state index is 5.68. The van der Waals surface area contributed by atoms with Crippen LogP contribution in [0, 0.1) is 6.92 Å². The summed E-state index contributed by atoms with van der Waals surface area (Å²) in [6.07, 6.45) is 4.57. The minimum Gasteiger partial charge on any atom is -0.397 e. The number of benzene rings is 1. The van der Waals surface area contributed by atoms with Crippen LogP contribution in [0.1, 0.15) is 37.0 Å². The monoisotopic (exact) mass is 624 g/mol. The van der Waals surface area contributed by atoms with Gasteiger partial charge < -0.3 is 27.5 Å². The molecule has 6 nitrogen and oxygen atoms in total. The topological polar surface area (TPSA) is 43.4 Å². The molecular weight excluding hydrogens is 569 g/mol. The summed E-state index contributed by atoms with van der Waals surface area (Å²) in [4.78, 5) is 5.16. The van der Waals surface area contributed by atoms with Gasteiger partial charge in [-0.2, -0.15) is 0 Å². The Kier molecular flexibility index (Phi) is 18.9. The standard InChI is InChI=1S/C28H56N2O4Si5/c1-13-30(14-2)26-25(16-19-35-22-29(4)18-15-20-38(31-5)32-6)27(36(9)10)23(3)24(28(26)37(11)12)17-21-39(33-7)34-8/h13-22H2,1-12H3. The third kappa shape index (κ3) is 11.3. The molecule has 0 aromatic heterocycles. The highest BCUT2D eigenvalue weighted by Crippen LogP contribution is 2.26. The lowest BCUT2D eigenvalue weighted by molar-refractivity contribution is 0.273. The first-order valence-corrected chi connectivity index (χ1v) is 23.9. The molecule has 39 heavy (non-hydrogen) atoms. The van der Waals surface area contributed by atoms with Crippen molar-refractivity contribution in [3.8, 4) is 0 Å². The van der Waals surface area contributed by atoms with Crippen molar-refractivity contribution in [3.63, 3.8) is 0 Å². The summed E-state index contributed by atoms with van der Waals surface area (Å²) in [5.74, 6) is 0. The summed E-state index contributed by atoms with van der Waals surface area (Å²) in [6.45, 7) is 20.2. The van der Waals surface area contributed by atoms with E-state index in [-0.39, 0.29) is 0 Å². The summed E-state index contributed by atoms with van der Waals surface area (Å²) >= 11 is 0. The van der Waals surface area contributed by atoms with Crippen LogP contribution in [0.25, 0.3) is 0 Å². The predicted molar refractivity (Wildman–Crippen MR) is 178 cm³/mol. The van der Waals surface area contributed by atoms with Gasteiger partial charge in [-0.1, -0.05) is 37.4 Å². The Morgan fingerprint density at radius 3 is 1.77 bits per heavy atom. The Hall–Kier alpha value is -0.0956. The zero-order valence-corrected chi connectivity index (χ0v) is 32.1. The molecule has 0 unspecified atom stereocenters. The predicted octanol–water partition coefficient (Wildman–Crippen LogP) is 3.81. The number of hydrogen-bond donors (Lipinski definition) is 0. The summed E-state index contributed by atoms with van der Waals surface area (Å²) in [5, 5.41) is 3.37. The lowest BCUT2D eigenvalue weighted by atomic mass is 9.97. The molecule has 0 bridgehead atoms. The van der Waals surface area contributed by atoms with E-state index in [1.165, 1.54) is 18.6 Å². The highest BCUT2D eigenvalue weighted by atomic mass is 28.3. The van der Waals surface area contributed by atoms with E-state index < -0.39 is 36.2 Å². The molecule has 0 spiro atoms. The zero-order chi connectivity index (χ0) is 29.5. The summed E-state index contributed by atoms with van der Waals surface area (Å²) in [6, 6.07) is 3.31. The van der Waals surface area contributed by atoms with E-state index in [0.29, 0.717) is 0 Å². The Labute approximate surface area is 250 Å². The van der Waals surface area contributed by atoms with Gasteiger partial charge in [0.25, 0.3) is 0 Å². The molecule has 0 saturated heterocycles. The van der Waals surface area contributed by atoms with Crippen molar-refractivity contribution in [1.82, 2.24) is 4.90 Å².